The van der Waals surface area contributed by atoms with Gasteiger partial charge in [-0.2, -0.15) is 11.8 Å². The fourth-order valence-electron chi connectivity index (χ4n) is 3.36. The highest BCUT2D eigenvalue weighted by Crippen LogP contribution is 2.18. The zero-order valence-corrected chi connectivity index (χ0v) is 16.3. The van der Waals surface area contributed by atoms with Gasteiger partial charge in [-0.1, -0.05) is 19.1 Å². The predicted molar refractivity (Wildman–Crippen MR) is 107 cm³/mol. The lowest BCUT2D eigenvalue weighted by atomic mass is 9.99. The van der Waals surface area contributed by atoms with Gasteiger partial charge >= 0.3 is 0 Å². The molecule has 1 saturated heterocycles. The summed E-state index contributed by atoms with van der Waals surface area (Å²) in [5, 5.41) is 2.98. The summed E-state index contributed by atoms with van der Waals surface area (Å²) in [6.45, 7) is 6.33. The maximum Gasteiger partial charge on any atom is 0.251 e. The average molecular weight is 373 g/mol. The van der Waals surface area contributed by atoms with Gasteiger partial charge in [-0.25, -0.2) is 0 Å². The largest absolute Gasteiger partial charge is 0.468 e. The summed E-state index contributed by atoms with van der Waals surface area (Å²) in [6.07, 6.45) is 4.32. The van der Waals surface area contributed by atoms with Gasteiger partial charge in [-0.15, -0.1) is 0 Å². The third-order valence-electron chi connectivity index (χ3n) is 4.72. The number of carbonyl (C=O) groups excluding carboxylic acids is 1. The highest BCUT2D eigenvalue weighted by molar-refractivity contribution is 7.98. The smallest absolute Gasteiger partial charge is 0.251 e. The van der Waals surface area contributed by atoms with Crippen LogP contribution >= 0.6 is 11.8 Å². The Morgan fingerprint density at radius 3 is 2.88 bits per heavy atom. The van der Waals surface area contributed by atoms with E-state index in [0.29, 0.717) is 6.54 Å². The van der Waals surface area contributed by atoms with Crippen molar-refractivity contribution in [1.29, 1.82) is 0 Å². The number of furan rings is 1. The molecule has 1 aromatic carbocycles. The second-order valence-electron chi connectivity index (χ2n) is 7.07. The number of nitrogens with one attached hydrogen (secondary N) is 1. The quantitative estimate of drug-likeness (QED) is 0.706. The number of thioether (sulfide) groups is 1. The minimum Gasteiger partial charge on any atom is -0.468 e. The van der Waals surface area contributed by atoms with E-state index in [0.717, 1.165) is 35.3 Å². The summed E-state index contributed by atoms with van der Waals surface area (Å²) in [4.78, 5) is 14.7. The fourth-order valence-corrected chi connectivity index (χ4v) is 4.11. The molecule has 3 rings (SSSR count). The molecule has 0 spiro atoms. The minimum absolute atomic E-state index is 0.00161. The summed E-state index contributed by atoms with van der Waals surface area (Å²) < 4.78 is 5.29. The van der Waals surface area contributed by atoms with Gasteiger partial charge in [0.2, 0.25) is 0 Å². The Hall–Kier alpha value is -1.72. The van der Waals surface area contributed by atoms with Gasteiger partial charge in [0.1, 0.15) is 5.76 Å². The molecule has 1 aliphatic heterocycles. The molecule has 0 radical (unpaired) electrons. The van der Waals surface area contributed by atoms with Crippen LogP contribution in [0.2, 0.25) is 0 Å². The monoisotopic (exact) mass is 372 g/mol. The zero-order valence-electron chi connectivity index (χ0n) is 15.4. The first-order valence-corrected chi connectivity index (χ1v) is 10.6. The van der Waals surface area contributed by atoms with E-state index in [1.165, 1.54) is 31.5 Å². The Morgan fingerprint density at radius 1 is 1.31 bits per heavy atom. The molecular weight excluding hydrogens is 344 g/mol. The normalized spacial score (nSPS) is 18.0. The van der Waals surface area contributed by atoms with Crippen molar-refractivity contribution in [2.75, 3.05) is 25.4 Å². The molecule has 0 saturated carbocycles. The van der Waals surface area contributed by atoms with Crippen LogP contribution in [0.3, 0.4) is 0 Å². The third kappa shape index (κ3) is 5.92. The number of likely N-dealkylation sites (tertiary alicyclic amines) is 1. The van der Waals surface area contributed by atoms with Crippen molar-refractivity contribution in [3.05, 3.63) is 59.5 Å². The molecule has 0 bridgehead atoms. The van der Waals surface area contributed by atoms with Crippen molar-refractivity contribution >= 4 is 17.7 Å². The maximum absolute atomic E-state index is 12.2. The van der Waals surface area contributed by atoms with Crippen LogP contribution in [0.4, 0.5) is 0 Å². The molecule has 140 valence electrons. The van der Waals surface area contributed by atoms with Gasteiger partial charge in [0.15, 0.2) is 0 Å². The van der Waals surface area contributed by atoms with Crippen LogP contribution in [0.25, 0.3) is 0 Å². The minimum atomic E-state index is 0.00161. The molecule has 1 atom stereocenters. The first kappa shape index (κ1) is 19.1. The van der Waals surface area contributed by atoms with Crippen LogP contribution in [0, 0.1) is 5.92 Å². The number of rotatable bonds is 8. The Balaban J connectivity index is 1.37. The molecule has 1 N–H and O–H groups in total. The van der Waals surface area contributed by atoms with Crippen LogP contribution in [0.5, 0.6) is 0 Å². The van der Waals surface area contributed by atoms with Gasteiger partial charge < -0.3 is 9.73 Å². The Morgan fingerprint density at radius 2 is 2.15 bits per heavy atom. The molecule has 2 heterocycles. The number of hydrogen-bond acceptors (Lipinski definition) is 4. The first-order chi connectivity index (χ1) is 12.7. The predicted octanol–water partition coefficient (Wildman–Crippen LogP) is 4.17. The summed E-state index contributed by atoms with van der Waals surface area (Å²) in [5.74, 6) is 3.48. The number of amides is 1. The van der Waals surface area contributed by atoms with Gasteiger partial charge in [0, 0.05) is 31.0 Å². The van der Waals surface area contributed by atoms with Crippen LogP contribution in [0.15, 0.2) is 47.1 Å². The number of benzene rings is 1. The second-order valence-corrected chi connectivity index (χ2v) is 8.17. The van der Waals surface area contributed by atoms with Gasteiger partial charge in [-0.3, -0.25) is 9.69 Å². The van der Waals surface area contributed by atoms with Crippen molar-refractivity contribution in [3.8, 4) is 0 Å². The molecule has 2 aromatic rings. The van der Waals surface area contributed by atoms with Crippen molar-refractivity contribution in [1.82, 2.24) is 10.2 Å². The molecule has 1 fully saturated rings. The Labute approximate surface area is 160 Å². The number of carbonyl (C=O) groups is 1. The van der Waals surface area contributed by atoms with Crippen LogP contribution in [-0.2, 0) is 12.3 Å². The SMILES string of the molecule is C[C@@H]1CCCN(Cc2ccc(C(=O)NCCSCc3ccco3)cc2)C1. The number of piperidine rings is 1. The van der Waals surface area contributed by atoms with E-state index in [9.17, 15) is 4.79 Å². The number of nitrogens with zero attached hydrogens (tertiary/aromatic N) is 1. The van der Waals surface area contributed by atoms with Crippen LogP contribution in [0.1, 0.15) is 41.4 Å². The molecule has 1 amide bonds. The molecule has 1 aromatic heterocycles. The molecular formula is C21H28N2O2S. The lowest BCUT2D eigenvalue weighted by molar-refractivity contribution is 0.0956. The van der Waals surface area contributed by atoms with Crippen LogP contribution in [-0.4, -0.2) is 36.2 Å². The summed E-state index contributed by atoms with van der Waals surface area (Å²) in [7, 11) is 0. The van der Waals surface area contributed by atoms with Crippen molar-refractivity contribution in [2.45, 2.75) is 32.1 Å². The molecule has 0 aliphatic carbocycles. The summed E-state index contributed by atoms with van der Waals surface area (Å²) in [5.41, 5.74) is 2.02. The molecule has 26 heavy (non-hydrogen) atoms. The van der Waals surface area contributed by atoms with E-state index in [2.05, 4.69) is 29.3 Å². The topological polar surface area (TPSA) is 45.5 Å². The van der Waals surface area contributed by atoms with Crippen molar-refractivity contribution in [2.24, 2.45) is 5.92 Å². The van der Waals surface area contributed by atoms with E-state index in [-0.39, 0.29) is 5.91 Å². The lowest BCUT2D eigenvalue weighted by Gasteiger charge is -2.30. The second kappa shape index (κ2) is 9.83. The molecule has 5 heteroatoms. The van der Waals surface area contributed by atoms with Crippen LogP contribution < -0.4 is 5.32 Å². The zero-order chi connectivity index (χ0) is 18.2. The molecule has 1 aliphatic rings. The van der Waals surface area contributed by atoms with E-state index in [4.69, 9.17) is 4.42 Å². The molecule has 0 unspecified atom stereocenters. The van der Waals surface area contributed by atoms with E-state index in [1.54, 1.807) is 18.0 Å². The van der Waals surface area contributed by atoms with E-state index in [1.807, 2.05) is 24.3 Å². The van der Waals surface area contributed by atoms with Crippen molar-refractivity contribution < 1.29 is 9.21 Å². The Kier molecular flexibility index (Phi) is 7.21. The fraction of sp³-hybridized carbons (Fsp3) is 0.476. The van der Waals surface area contributed by atoms with Crippen molar-refractivity contribution in [3.63, 3.8) is 0 Å². The highest BCUT2D eigenvalue weighted by Gasteiger charge is 2.16. The Bertz CT molecular complexity index is 670. The summed E-state index contributed by atoms with van der Waals surface area (Å²) in [6, 6.07) is 11.9. The maximum atomic E-state index is 12.2. The summed E-state index contributed by atoms with van der Waals surface area (Å²) >= 11 is 1.76. The highest BCUT2D eigenvalue weighted by atomic mass is 32.2. The average Bonchev–Trinajstić information content (AvgIpc) is 3.15. The van der Waals surface area contributed by atoms with Gasteiger partial charge in [0.05, 0.1) is 12.0 Å². The van der Waals surface area contributed by atoms with Gasteiger partial charge in [-0.05, 0) is 55.1 Å². The molecule has 4 nitrogen and oxygen atoms in total. The third-order valence-corrected chi connectivity index (χ3v) is 5.70. The number of hydrogen-bond donors (Lipinski definition) is 1. The standard InChI is InChI=1S/C21H28N2O2S/c1-17-4-2-11-23(14-17)15-18-6-8-19(9-7-18)21(24)22-10-13-26-16-20-5-3-12-25-20/h3,5-9,12,17H,2,4,10-11,13-16H2,1H3,(H,22,24)/t17-/m1/s1. The van der Waals surface area contributed by atoms with Gasteiger partial charge in [0.25, 0.3) is 5.91 Å². The lowest BCUT2D eigenvalue weighted by Crippen LogP contribution is -2.33. The van der Waals surface area contributed by atoms with E-state index < -0.39 is 0 Å². The first-order valence-electron chi connectivity index (χ1n) is 9.40. The van der Waals surface area contributed by atoms with E-state index >= 15 is 0 Å².